The first-order valence-corrected chi connectivity index (χ1v) is 11.6. The van der Waals surface area contributed by atoms with Crippen molar-refractivity contribution >= 4 is 23.7 Å². The van der Waals surface area contributed by atoms with Crippen LogP contribution in [-0.2, 0) is 35.1 Å². The van der Waals surface area contributed by atoms with Crippen LogP contribution in [0.4, 0.5) is 0 Å². The molecule has 1 aliphatic carbocycles. The van der Waals surface area contributed by atoms with Gasteiger partial charge in [-0.2, -0.15) is 0 Å². The van der Waals surface area contributed by atoms with Gasteiger partial charge < -0.3 is 24.2 Å². The molecule has 3 atom stereocenters. The molecule has 1 saturated carbocycles. The highest BCUT2D eigenvalue weighted by Crippen LogP contribution is 2.46. The van der Waals surface area contributed by atoms with Crippen LogP contribution in [0.2, 0.25) is 0 Å². The van der Waals surface area contributed by atoms with Crippen molar-refractivity contribution in [2.45, 2.75) is 49.4 Å². The number of carbonyl (C=O) groups is 4. The van der Waals surface area contributed by atoms with Crippen LogP contribution < -0.4 is 0 Å². The normalized spacial score (nSPS) is 24.2. The van der Waals surface area contributed by atoms with Crippen molar-refractivity contribution < 1.29 is 28.7 Å². The Bertz CT molecular complexity index is 976. The highest BCUT2D eigenvalue weighted by molar-refractivity contribution is 6.00. The number of ether oxygens (including phenoxy) is 2. The van der Waals surface area contributed by atoms with Gasteiger partial charge in [0.2, 0.25) is 17.7 Å². The number of carbonyl (C=O) groups excluding carboxylic acids is 4. The molecule has 34 heavy (non-hydrogen) atoms. The maximum atomic E-state index is 14.0. The monoisotopic (exact) mass is 469 g/mol. The SMILES string of the molecule is C=CC(=O)N1CCN([C@@H](Cc2ccccc2)C(=O)N2C[C@H](OC)C[C@H]2C(=O)OC)C(=O)C12CC2. The predicted octanol–water partition coefficient (Wildman–Crippen LogP) is 0.776. The zero-order valence-electron chi connectivity index (χ0n) is 19.6. The average Bonchev–Trinajstić information content (AvgIpc) is 3.53. The minimum absolute atomic E-state index is 0.222. The Kier molecular flexibility index (Phi) is 6.74. The molecule has 0 aromatic heterocycles. The first kappa shape index (κ1) is 23.9. The Hall–Kier alpha value is -3.20. The Balaban J connectivity index is 1.66. The Morgan fingerprint density at radius 3 is 2.47 bits per heavy atom. The van der Waals surface area contributed by atoms with E-state index in [4.69, 9.17) is 9.47 Å². The lowest BCUT2D eigenvalue weighted by Crippen LogP contribution is -2.65. The van der Waals surface area contributed by atoms with E-state index in [1.54, 1.807) is 16.9 Å². The molecular weight excluding hydrogens is 438 g/mol. The summed E-state index contributed by atoms with van der Waals surface area (Å²) in [7, 11) is 2.84. The van der Waals surface area contributed by atoms with E-state index >= 15 is 0 Å². The third-order valence-electron chi connectivity index (χ3n) is 7.19. The highest BCUT2D eigenvalue weighted by Gasteiger charge is 2.61. The van der Waals surface area contributed by atoms with Gasteiger partial charge in [0.15, 0.2) is 0 Å². The van der Waals surface area contributed by atoms with Crippen molar-refractivity contribution in [1.29, 1.82) is 0 Å². The summed E-state index contributed by atoms with van der Waals surface area (Å²) in [6.45, 7) is 4.36. The number of nitrogens with zero attached hydrogens (tertiary/aromatic N) is 3. The lowest BCUT2D eigenvalue weighted by molar-refractivity contribution is -0.160. The van der Waals surface area contributed by atoms with Gasteiger partial charge in [0.05, 0.1) is 13.2 Å². The van der Waals surface area contributed by atoms with Crippen molar-refractivity contribution in [3.63, 3.8) is 0 Å². The molecule has 2 heterocycles. The van der Waals surface area contributed by atoms with E-state index in [0.29, 0.717) is 32.2 Å². The predicted molar refractivity (Wildman–Crippen MR) is 122 cm³/mol. The molecule has 1 aromatic rings. The summed E-state index contributed by atoms with van der Waals surface area (Å²) < 4.78 is 10.4. The summed E-state index contributed by atoms with van der Waals surface area (Å²) in [5.74, 6) is -1.31. The number of hydrogen-bond donors (Lipinski definition) is 0. The minimum atomic E-state index is -0.902. The quantitative estimate of drug-likeness (QED) is 0.433. The summed E-state index contributed by atoms with van der Waals surface area (Å²) in [5.41, 5.74) is 0.000748. The van der Waals surface area contributed by atoms with Crippen molar-refractivity contribution in [3.05, 3.63) is 48.6 Å². The van der Waals surface area contributed by atoms with Gasteiger partial charge in [0.25, 0.3) is 0 Å². The maximum Gasteiger partial charge on any atom is 0.328 e. The molecule has 9 heteroatoms. The largest absolute Gasteiger partial charge is 0.467 e. The molecule has 182 valence electrons. The van der Waals surface area contributed by atoms with Crippen LogP contribution in [0.3, 0.4) is 0 Å². The first-order valence-electron chi connectivity index (χ1n) is 11.6. The molecule has 0 N–H and O–H groups in total. The second kappa shape index (κ2) is 9.58. The van der Waals surface area contributed by atoms with Gasteiger partial charge in [0, 0.05) is 39.6 Å². The number of likely N-dealkylation sites (tertiary alicyclic amines) is 1. The van der Waals surface area contributed by atoms with Crippen LogP contribution in [0, 0.1) is 0 Å². The fourth-order valence-corrected chi connectivity index (χ4v) is 5.17. The van der Waals surface area contributed by atoms with E-state index in [1.165, 1.54) is 18.1 Å². The Morgan fingerprint density at radius 1 is 1.18 bits per heavy atom. The molecule has 1 aromatic carbocycles. The molecular formula is C25H31N3O6. The second-order valence-electron chi connectivity index (χ2n) is 9.05. The summed E-state index contributed by atoms with van der Waals surface area (Å²) in [6.07, 6.45) is 2.71. The molecule has 3 amide bonds. The maximum absolute atomic E-state index is 14.0. The molecule has 0 unspecified atom stereocenters. The van der Waals surface area contributed by atoms with E-state index in [0.717, 1.165) is 5.56 Å². The summed E-state index contributed by atoms with van der Waals surface area (Å²) >= 11 is 0. The summed E-state index contributed by atoms with van der Waals surface area (Å²) in [6, 6.07) is 7.90. The smallest absolute Gasteiger partial charge is 0.328 e. The van der Waals surface area contributed by atoms with Gasteiger partial charge in [-0.15, -0.1) is 0 Å². The number of piperazine rings is 1. The van der Waals surface area contributed by atoms with E-state index in [-0.39, 0.29) is 36.9 Å². The van der Waals surface area contributed by atoms with Crippen LogP contribution in [0.25, 0.3) is 0 Å². The number of methoxy groups -OCH3 is 2. The van der Waals surface area contributed by atoms with Crippen molar-refractivity contribution in [2.75, 3.05) is 33.9 Å². The molecule has 2 saturated heterocycles. The highest BCUT2D eigenvalue weighted by atomic mass is 16.5. The number of hydrogen-bond acceptors (Lipinski definition) is 6. The zero-order chi connectivity index (χ0) is 24.5. The van der Waals surface area contributed by atoms with Crippen molar-refractivity contribution in [3.8, 4) is 0 Å². The van der Waals surface area contributed by atoms with Crippen LogP contribution >= 0.6 is 0 Å². The second-order valence-corrected chi connectivity index (χ2v) is 9.05. The van der Waals surface area contributed by atoms with E-state index < -0.39 is 23.6 Å². The lowest BCUT2D eigenvalue weighted by atomic mass is 9.99. The molecule has 3 aliphatic rings. The zero-order valence-corrected chi connectivity index (χ0v) is 19.6. The fraction of sp³-hybridized carbons (Fsp3) is 0.520. The van der Waals surface area contributed by atoms with Crippen LogP contribution in [-0.4, -0.2) is 96.0 Å². The third kappa shape index (κ3) is 4.20. The molecule has 0 bridgehead atoms. The van der Waals surface area contributed by atoms with Gasteiger partial charge in [-0.1, -0.05) is 36.9 Å². The molecule has 3 fully saturated rings. The topological polar surface area (TPSA) is 96.5 Å². The van der Waals surface area contributed by atoms with Crippen molar-refractivity contribution in [1.82, 2.24) is 14.7 Å². The minimum Gasteiger partial charge on any atom is -0.467 e. The summed E-state index contributed by atoms with van der Waals surface area (Å²) in [5, 5.41) is 0. The van der Waals surface area contributed by atoms with Gasteiger partial charge in [-0.05, 0) is 24.5 Å². The average molecular weight is 470 g/mol. The first-order chi connectivity index (χ1) is 16.4. The van der Waals surface area contributed by atoms with Gasteiger partial charge in [-0.25, -0.2) is 4.79 Å². The van der Waals surface area contributed by atoms with Crippen LogP contribution in [0.1, 0.15) is 24.8 Å². The van der Waals surface area contributed by atoms with E-state index in [1.807, 2.05) is 30.3 Å². The van der Waals surface area contributed by atoms with Crippen LogP contribution in [0.15, 0.2) is 43.0 Å². The number of benzene rings is 1. The molecule has 4 rings (SSSR count). The Morgan fingerprint density at radius 2 is 1.88 bits per heavy atom. The summed E-state index contributed by atoms with van der Waals surface area (Å²) in [4.78, 5) is 57.2. The van der Waals surface area contributed by atoms with Gasteiger partial charge in [0.1, 0.15) is 17.6 Å². The van der Waals surface area contributed by atoms with Crippen LogP contribution in [0.5, 0.6) is 0 Å². The van der Waals surface area contributed by atoms with Gasteiger partial charge >= 0.3 is 5.97 Å². The molecule has 2 aliphatic heterocycles. The fourth-order valence-electron chi connectivity index (χ4n) is 5.17. The Labute approximate surface area is 199 Å². The van der Waals surface area contributed by atoms with Gasteiger partial charge in [-0.3, -0.25) is 14.4 Å². The molecule has 1 spiro atoms. The standard InChI is InChI=1S/C25H31N3O6/c1-4-21(29)28-13-12-26(24(32)25(28)10-11-25)19(14-17-8-6-5-7-9-17)22(30)27-16-18(33-2)15-20(27)23(31)34-3/h4-9,18-20H,1,10-16H2,2-3H3/t18-,19+,20+/m1/s1. The third-order valence-corrected chi connectivity index (χ3v) is 7.19. The lowest BCUT2D eigenvalue weighted by Gasteiger charge is -2.44. The van der Waals surface area contributed by atoms with E-state index in [9.17, 15) is 19.2 Å². The van der Waals surface area contributed by atoms with Crippen molar-refractivity contribution in [2.24, 2.45) is 0 Å². The molecule has 9 nitrogen and oxygen atoms in total. The number of esters is 1. The van der Waals surface area contributed by atoms with E-state index in [2.05, 4.69) is 6.58 Å². The molecule has 0 radical (unpaired) electrons. The number of rotatable bonds is 7. The number of amides is 3.